The molecule has 0 spiro atoms. The Labute approximate surface area is 178 Å². The van der Waals surface area contributed by atoms with E-state index in [1.165, 1.54) is 11.8 Å². The van der Waals surface area contributed by atoms with Crippen LogP contribution in [-0.2, 0) is 11.4 Å². The van der Waals surface area contributed by atoms with E-state index in [1.807, 2.05) is 78.9 Å². The van der Waals surface area contributed by atoms with Gasteiger partial charge in [-0.1, -0.05) is 54.2 Å². The molecule has 0 aliphatic rings. The van der Waals surface area contributed by atoms with Gasteiger partial charge in [0.05, 0.1) is 12.0 Å². The molecule has 0 aliphatic heterocycles. The van der Waals surface area contributed by atoms with Crippen molar-refractivity contribution >= 4 is 35.0 Å². The number of carbonyl (C=O) groups is 1. The third-order valence-electron chi connectivity index (χ3n) is 4.13. The topological polar surface area (TPSA) is 76.7 Å². The molecule has 4 aromatic rings. The second-order valence-corrected chi connectivity index (χ2v) is 7.30. The van der Waals surface area contributed by atoms with E-state index in [9.17, 15) is 4.79 Å². The van der Waals surface area contributed by atoms with Crippen LogP contribution in [0.1, 0.15) is 11.1 Å². The third kappa shape index (κ3) is 5.48. The molecule has 3 aromatic carbocycles. The van der Waals surface area contributed by atoms with Crippen molar-refractivity contribution in [3.05, 3.63) is 90.0 Å². The van der Waals surface area contributed by atoms with Gasteiger partial charge in [-0.05, 0) is 47.5 Å². The Morgan fingerprint density at radius 2 is 1.80 bits per heavy atom. The maximum absolute atomic E-state index is 12.0. The van der Waals surface area contributed by atoms with Crippen LogP contribution in [0.2, 0.25) is 0 Å². The van der Waals surface area contributed by atoms with Crippen LogP contribution in [0.4, 0.5) is 0 Å². The van der Waals surface area contributed by atoms with Crippen LogP contribution >= 0.6 is 11.8 Å². The van der Waals surface area contributed by atoms with Gasteiger partial charge in [0.1, 0.15) is 17.9 Å². The lowest BCUT2D eigenvalue weighted by atomic mass is 10.2. The standard InChI is InChI=1S/C23H19N3O3S/c27-22(16-30-23-25-20-8-4-5-9-21(20)29-23)26-24-14-17-10-12-19(13-11-17)28-15-18-6-2-1-3-7-18/h1-14H,15-16H2,(H,26,27). The van der Waals surface area contributed by atoms with Crippen LogP contribution in [0.15, 0.2) is 93.6 Å². The number of aromatic nitrogens is 1. The molecule has 0 radical (unpaired) electrons. The van der Waals surface area contributed by atoms with Gasteiger partial charge in [0.25, 0.3) is 11.1 Å². The largest absolute Gasteiger partial charge is 0.489 e. The van der Waals surface area contributed by atoms with E-state index in [2.05, 4.69) is 15.5 Å². The van der Waals surface area contributed by atoms with Gasteiger partial charge in [-0.3, -0.25) is 4.79 Å². The van der Waals surface area contributed by atoms with E-state index < -0.39 is 0 Å². The fraction of sp³-hybridized carbons (Fsp3) is 0.0870. The van der Waals surface area contributed by atoms with Crippen molar-refractivity contribution in [1.29, 1.82) is 0 Å². The Morgan fingerprint density at radius 3 is 2.60 bits per heavy atom. The van der Waals surface area contributed by atoms with Crippen molar-refractivity contribution in [1.82, 2.24) is 10.4 Å². The van der Waals surface area contributed by atoms with Crippen molar-refractivity contribution in [3.63, 3.8) is 0 Å². The van der Waals surface area contributed by atoms with Crippen molar-refractivity contribution < 1.29 is 13.9 Å². The summed E-state index contributed by atoms with van der Waals surface area (Å²) >= 11 is 1.23. The maximum Gasteiger partial charge on any atom is 0.257 e. The summed E-state index contributed by atoms with van der Waals surface area (Å²) in [4.78, 5) is 16.3. The molecule has 4 rings (SSSR count). The number of hydrazone groups is 1. The van der Waals surface area contributed by atoms with Crippen LogP contribution in [0.3, 0.4) is 0 Å². The summed E-state index contributed by atoms with van der Waals surface area (Å²) in [5.74, 6) is 0.701. The minimum Gasteiger partial charge on any atom is -0.489 e. The number of ether oxygens (including phenoxy) is 1. The summed E-state index contributed by atoms with van der Waals surface area (Å²) in [5.41, 5.74) is 5.95. The Morgan fingerprint density at radius 1 is 1.03 bits per heavy atom. The Bertz CT molecular complexity index is 1110. The van der Waals surface area contributed by atoms with Crippen LogP contribution in [0.25, 0.3) is 11.1 Å². The monoisotopic (exact) mass is 417 g/mol. The van der Waals surface area contributed by atoms with E-state index in [1.54, 1.807) is 6.21 Å². The quantitative estimate of drug-likeness (QED) is 0.257. The zero-order valence-corrected chi connectivity index (χ0v) is 16.8. The summed E-state index contributed by atoms with van der Waals surface area (Å²) in [6.07, 6.45) is 1.59. The zero-order chi connectivity index (χ0) is 20.6. The minimum atomic E-state index is -0.235. The van der Waals surface area contributed by atoms with Gasteiger partial charge in [0.15, 0.2) is 5.58 Å². The van der Waals surface area contributed by atoms with Crippen molar-refractivity contribution in [3.8, 4) is 5.75 Å². The molecule has 0 saturated carbocycles. The fourth-order valence-corrected chi connectivity index (χ4v) is 3.27. The molecule has 7 heteroatoms. The number of para-hydroxylation sites is 2. The maximum atomic E-state index is 12.0. The normalized spacial score (nSPS) is 11.1. The highest BCUT2D eigenvalue weighted by molar-refractivity contribution is 7.99. The fourth-order valence-electron chi connectivity index (χ4n) is 2.64. The number of nitrogens with zero attached hydrogens (tertiary/aromatic N) is 2. The van der Waals surface area contributed by atoms with E-state index >= 15 is 0 Å². The van der Waals surface area contributed by atoms with Gasteiger partial charge < -0.3 is 9.15 Å². The molecule has 0 fully saturated rings. The van der Waals surface area contributed by atoms with Crippen LogP contribution < -0.4 is 10.2 Å². The number of benzene rings is 3. The molecule has 1 aromatic heterocycles. The average Bonchev–Trinajstić information content (AvgIpc) is 3.21. The van der Waals surface area contributed by atoms with Gasteiger partial charge >= 0.3 is 0 Å². The SMILES string of the molecule is O=C(CSc1nc2ccccc2o1)NN=Cc1ccc(OCc2ccccc2)cc1. The van der Waals surface area contributed by atoms with Gasteiger partial charge in [-0.15, -0.1) is 0 Å². The molecule has 30 heavy (non-hydrogen) atoms. The molecule has 150 valence electrons. The summed E-state index contributed by atoms with van der Waals surface area (Å²) < 4.78 is 11.3. The number of hydrogen-bond acceptors (Lipinski definition) is 6. The first-order chi connectivity index (χ1) is 14.8. The Balaban J connectivity index is 1.22. The van der Waals surface area contributed by atoms with Gasteiger partial charge in [-0.25, -0.2) is 10.4 Å². The number of carbonyl (C=O) groups excluding carboxylic acids is 1. The second kappa shape index (κ2) is 9.76. The Kier molecular flexibility index (Phi) is 6.41. The molecule has 1 heterocycles. The highest BCUT2D eigenvalue weighted by atomic mass is 32.2. The first-order valence-electron chi connectivity index (χ1n) is 9.33. The molecule has 1 amide bonds. The lowest BCUT2D eigenvalue weighted by Crippen LogP contribution is -2.19. The van der Waals surface area contributed by atoms with Gasteiger partial charge in [0.2, 0.25) is 0 Å². The van der Waals surface area contributed by atoms with Crippen LogP contribution in [0, 0.1) is 0 Å². The lowest BCUT2D eigenvalue weighted by Gasteiger charge is -2.06. The molecule has 0 aliphatic carbocycles. The van der Waals surface area contributed by atoms with Crippen LogP contribution in [-0.4, -0.2) is 22.9 Å². The first-order valence-corrected chi connectivity index (χ1v) is 10.3. The second-order valence-electron chi connectivity index (χ2n) is 6.37. The number of nitrogens with one attached hydrogen (secondary N) is 1. The number of rotatable bonds is 8. The summed E-state index contributed by atoms with van der Waals surface area (Å²) in [6, 6.07) is 25.0. The molecular weight excluding hydrogens is 398 g/mol. The average molecular weight is 417 g/mol. The first kappa shape index (κ1) is 19.7. The highest BCUT2D eigenvalue weighted by Gasteiger charge is 2.08. The van der Waals surface area contributed by atoms with Crippen molar-refractivity contribution in [2.24, 2.45) is 5.10 Å². The summed E-state index contributed by atoms with van der Waals surface area (Å²) in [6.45, 7) is 0.516. The van der Waals surface area contributed by atoms with Gasteiger partial charge in [-0.2, -0.15) is 5.10 Å². The molecule has 6 nitrogen and oxygen atoms in total. The van der Waals surface area contributed by atoms with E-state index in [-0.39, 0.29) is 11.7 Å². The van der Waals surface area contributed by atoms with Crippen LogP contribution in [0.5, 0.6) is 5.75 Å². The summed E-state index contributed by atoms with van der Waals surface area (Å²) in [7, 11) is 0. The minimum absolute atomic E-state index is 0.163. The number of amides is 1. The summed E-state index contributed by atoms with van der Waals surface area (Å²) in [5, 5.41) is 4.45. The number of hydrogen-bond donors (Lipinski definition) is 1. The van der Waals surface area contributed by atoms with E-state index in [0.29, 0.717) is 17.4 Å². The van der Waals surface area contributed by atoms with Crippen molar-refractivity contribution in [2.75, 3.05) is 5.75 Å². The predicted octanol–water partition coefficient (Wildman–Crippen LogP) is 4.65. The zero-order valence-electron chi connectivity index (χ0n) is 16.0. The molecule has 0 atom stereocenters. The molecule has 0 saturated heterocycles. The van der Waals surface area contributed by atoms with E-state index in [4.69, 9.17) is 9.15 Å². The smallest absolute Gasteiger partial charge is 0.257 e. The third-order valence-corrected chi connectivity index (χ3v) is 4.96. The lowest BCUT2D eigenvalue weighted by molar-refractivity contribution is -0.118. The molecule has 0 bridgehead atoms. The number of thioether (sulfide) groups is 1. The van der Waals surface area contributed by atoms with E-state index in [0.717, 1.165) is 22.4 Å². The number of fused-ring (bicyclic) bond motifs is 1. The predicted molar refractivity (Wildman–Crippen MR) is 118 cm³/mol. The Hall–Kier alpha value is -3.58. The molecule has 0 unspecified atom stereocenters. The molecule has 1 N–H and O–H groups in total. The molecular formula is C23H19N3O3S. The highest BCUT2D eigenvalue weighted by Crippen LogP contribution is 2.22. The number of oxazole rings is 1. The van der Waals surface area contributed by atoms with Gasteiger partial charge in [0, 0.05) is 0 Å². The van der Waals surface area contributed by atoms with Crippen molar-refractivity contribution in [2.45, 2.75) is 11.8 Å².